The zero-order valence-electron chi connectivity index (χ0n) is 13.7. The number of carboxylic acids is 1. The molecule has 0 saturated heterocycles. The first-order chi connectivity index (χ1) is 12.1. The van der Waals surface area contributed by atoms with Gasteiger partial charge in [0.15, 0.2) is 0 Å². The Morgan fingerprint density at radius 2 is 1.76 bits per heavy atom. The summed E-state index contributed by atoms with van der Waals surface area (Å²) in [6.45, 7) is 1.76. The largest absolute Gasteiger partial charge is 0.477 e. The van der Waals surface area contributed by atoms with E-state index in [1.54, 1.807) is 6.92 Å². The second kappa shape index (κ2) is 7.05. The van der Waals surface area contributed by atoms with Crippen LogP contribution in [0.3, 0.4) is 0 Å². The topological polar surface area (TPSA) is 68.5 Å². The van der Waals surface area contributed by atoms with Crippen molar-refractivity contribution in [3.05, 3.63) is 71.9 Å². The average molecular weight is 335 g/mol. The van der Waals surface area contributed by atoms with Crippen molar-refractivity contribution >= 4 is 28.9 Å². The zero-order valence-corrected chi connectivity index (χ0v) is 13.7. The number of benzene rings is 2. The second-order valence-electron chi connectivity index (χ2n) is 5.39. The van der Waals surface area contributed by atoms with Gasteiger partial charge in [-0.1, -0.05) is 36.4 Å². The van der Waals surface area contributed by atoms with Gasteiger partial charge in [-0.3, -0.25) is 0 Å². The van der Waals surface area contributed by atoms with Crippen molar-refractivity contribution in [2.75, 3.05) is 6.61 Å². The lowest BCUT2D eigenvalue weighted by Gasteiger charge is -2.04. The van der Waals surface area contributed by atoms with Gasteiger partial charge in [0.25, 0.3) is 0 Å². The molecule has 126 valence electrons. The van der Waals surface area contributed by atoms with Crippen molar-refractivity contribution in [2.24, 2.45) is 0 Å². The third-order valence-corrected chi connectivity index (χ3v) is 3.80. The summed E-state index contributed by atoms with van der Waals surface area (Å²) in [4.78, 5) is 23.4. The van der Waals surface area contributed by atoms with Gasteiger partial charge < -0.3 is 14.4 Å². The fourth-order valence-corrected chi connectivity index (χ4v) is 2.70. The van der Waals surface area contributed by atoms with Crippen molar-refractivity contribution in [2.45, 2.75) is 6.92 Å². The third-order valence-electron chi connectivity index (χ3n) is 3.80. The molecule has 0 spiro atoms. The van der Waals surface area contributed by atoms with E-state index in [-0.39, 0.29) is 6.61 Å². The molecular weight excluding hydrogens is 318 g/mol. The summed E-state index contributed by atoms with van der Waals surface area (Å²) in [6, 6.07) is 17.3. The van der Waals surface area contributed by atoms with E-state index in [0.717, 1.165) is 16.6 Å². The van der Waals surface area contributed by atoms with E-state index in [4.69, 9.17) is 4.74 Å². The molecule has 0 aliphatic rings. The lowest BCUT2D eigenvalue weighted by molar-refractivity contribution is -0.143. The quantitative estimate of drug-likeness (QED) is 0.334. The van der Waals surface area contributed by atoms with Crippen LogP contribution in [-0.2, 0) is 14.3 Å². The fourth-order valence-electron chi connectivity index (χ4n) is 2.70. The van der Waals surface area contributed by atoms with Gasteiger partial charge in [0.1, 0.15) is 5.57 Å². The number of hydrogen-bond donors (Lipinski definition) is 1. The van der Waals surface area contributed by atoms with Crippen LogP contribution in [-0.4, -0.2) is 28.2 Å². The predicted molar refractivity (Wildman–Crippen MR) is 95.5 cm³/mol. The molecule has 2 aromatic carbocycles. The molecule has 1 N–H and O–H groups in total. The second-order valence-corrected chi connectivity index (χ2v) is 5.39. The van der Waals surface area contributed by atoms with E-state index < -0.39 is 17.5 Å². The van der Waals surface area contributed by atoms with Gasteiger partial charge in [-0.2, -0.15) is 0 Å². The summed E-state index contributed by atoms with van der Waals surface area (Å²) in [5, 5.41) is 10.2. The third kappa shape index (κ3) is 3.30. The number of aliphatic carboxylic acids is 1. The molecule has 0 radical (unpaired) electrons. The van der Waals surface area contributed by atoms with Crippen molar-refractivity contribution < 1.29 is 19.4 Å². The van der Waals surface area contributed by atoms with E-state index in [9.17, 15) is 14.7 Å². The summed E-state index contributed by atoms with van der Waals surface area (Å²) in [5.74, 6) is -2.15. The number of fused-ring (bicyclic) bond motifs is 1. The Morgan fingerprint density at radius 1 is 1.08 bits per heavy atom. The molecule has 5 heteroatoms. The molecule has 0 amide bonds. The number of ether oxygens (including phenoxy) is 1. The van der Waals surface area contributed by atoms with Crippen LogP contribution in [0.2, 0.25) is 0 Å². The smallest absolute Gasteiger partial charge is 0.345 e. The van der Waals surface area contributed by atoms with E-state index in [0.29, 0.717) is 5.56 Å². The Hall–Kier alpha value is -3.34. The zero-order chi connectivity index (χ0) is 17.8. The summed E-state index contributed by atoms with van der Waals surface area (Å²) in [5.41, 5.74) is 2.13. The normalized spacial score (nSPS) is 11.5. The minimum Gasteiger partial charge on any atom is -0.477 e. The number of carbonyl (C=O) groups excluding carboxylic acids is 1. The van der Waals surface area contributed by atoms with Gasteiger partial charge in [-0.15, -0.1) is 0 Å². The molecular formula is C20H17NO4. The lowest BCUT2D eigenvalue weighted by Crippen LogP contribution is -2.15. The molecule has 5 nitrogen and oxygen atoms in total. The molecule has 1 heterocycles. The molecule has 25 heavy (non-hydrogen) atoms. The highest BCUT2D eigenvalue weighted by molar-refractivity contribution is 6.17. The van der Waals surface area contributed by atoms with E-state index in [1.807, 2.05) is 65.4 Å². The highest BCUT2D eigenvalue weighted by Crippen LogP contribution is 2.26. The van der Waals surface area contributed by atoms with Gasteiger partial charge in [0.05, 0.1) is 12.1 Å². The molecule has 3 rings (SSSR count). The molecule has 0 fully saturated rings. The lowest BCUT2D eigenvalue weighted by atomic mass is 10.1. The first kappa shape index (κ1) is 16.5. The maximum atomic E-state index is 11.9. The van der Waals surface area contributed by atoms with Crippen LogP contribution < -0.4 is 0 Å². The Morgan fingerprint density at radius 3 is 2.44 bits per heavy atom. The van der Waals surface area contributed by atoms with Crippen LogP contribution in [0.5, 0.6) is 0 Å². The maximum absolute atomic E-state index is 11.9. The van der Waals surface area contributed by atoms with Crippen molar-refractivity contribution in [1.29, 1.82) is 0 Å². The number of rotatable bonds is 5. The number of esters is 1. The number of carbonyl (C=O) groups is 2. The van der Waals surface area contributed by atoms with Gasteiger partial charge in [0.2, 0.25) is 0 Å². The van der Waals surface area contributed by atoms with E-state index >= 15 is 0 Å². The summed E-state index contributed by atoms with van der Waals surface area (Å²) in [6.07, 6.45) is 3.18. The van der Waals surface area contributed by atoms with Gasteiger partial charge in [-0.25, -0.2) is 9.59 Å². The maximum Gasteiger partial charge on any atom is 0.345 e. The van der Waals surface area contributed by atoms with Crippen molar-refractivity contribution in [3.63, 3.8) is 0 Å². The highest BCUT2D eigenvalue weighted by atomic mass is 16.5. The number of aromatic nitrogens is 1. The minimum absolute atomic E-state index is 0.120. The number of hydrogen-bond acceptors (Lipinski definition) is 3. The molecule has 0 aliphatic carbocycles. The van der Waals surface area contributed by atoms with Crippen LogP contribution in [0.25, 0.3) is 22.7 Å². The SMILES string of the molecule is CCOC(=O)C(=Cc1cn(-c2ccccc2)c2ccccc12)C(=O)O. The van der Waals surface area contributed by atoms with Gasteiger partial charge in [-0.05, 0) is 31.2 Å². The van der Waals surface area contributed by atoms with Crippen molar-refractivity contribution in [3.8, 4) is 5.69 Å². The van der Waals surface area contributed by atoms with Crippen LogP contribution >= 0.6 is 0 Å². The molecule has 0 saturated carbocycles. The van der Waals surface area contributed by atoms with E-state index in [1.165, 1.54) is 6.08 Å². The van der Waals surface area contributed by atoms with Crippen LogP contribution in [0.15, 0.2) is 66.4 Å². The molecule has 3 aromatic rings. The standard InChI is InChI=1S/C20H17NO4/c1-2-25-20(24)17(19(22)23)12-14-13-21(15-8-4-3-5-9-15)18-11-7-6-10-16(14)18/h3-13H,2H2,1H3,(H,22,23). The minimum atomic E-state index is -1.31. The Labute approximate surface area is 144 Å². The highest BCUT2D eigenvalue weighted by Gasteiger charge is 2.20. The Balaban J connectivity index is 2.18. The van der Waals surface area contributed by atoms with E-state index in [2.05, 4.69) is 0 Å². The van der Waals surface area contributed by atoms with Crippen LogP contribution in [0.4, 0.5) is 0 Å². The first-order valence-corrected chi connectivity index (χ1v) is 7.89. The Kier molecular flexibility index (Phi) is 4.66. The molecule has 0 aliphatic heterocycles. The summed E-state index contributed by atoms with van der Waals surface area (Å²) < 4.78 is 6.81. The van der Waals surface area contributed by atoms with Gasteiger partial charge >= 0.3 is 11.9 Å². The number of nitrogens with zero attached hydrogens (tertiary/aromatic N) is 1. The summed E-state index contributed by atoms with van der Waals surface area (Å²) in [7, 11) is 0. The predicted octanol–water partition coefficient (Wildman–Crippen LogP) is 3.66. The van der Waals surface area contributed by atoms with Crippen molar-refractivity contribution in [1.82, 2.24) is 4.57 Å². The molecule has 0 bridgehead atoms. The fraction of sp³-hybridized carbons (Fsp3) is 0.100. The van der Waals surface area contributed by atoms with Gasteiger partial charge in [0, 0.05) is 22.8 Å². The molecule has 0 unspecified atom stereocenters. The van der Waals surface area contributed by atoms with Crippen LogP contribution in [0.1, 0.15) is 12.5 Å². The molecule has 1 aromatic heterocycles. The Bertz CT molecular complexity index is 954. The molecule has 0 atom stereocenters. The number of para-hydroxylation sites is 2. The summed E-state index contributed by atoms with van der Waals surface area (Å²) >= 11 is 0. The monoisotopic (exact) mass is 335 g/mol. The van der Waals surface area contributed by atoms with Crippen LogP contribution in [0, 0.1) is 0 Å². The average Bonchev–Trinajstić information content (AvgIpc) is 2.99. The number of carboxylic acid groups (broad SMARTS) is 1. The first-order valence-electron chi connectivity index (χ1n) is 7.89.